The summed E-state index contributed by atoms with van der Waals surface area (Å²) in [6.07, 6.45) is -2.34. The first-order valence-corrected chi connectivity index (χ1v) is 3.93. The Labute approximate surface area is 74.8 Å². The SMILES string of the molecule is NC(=O)[C@@H]1CC(O)C[C@@H](C(N)=O)O1. The van der Waals surface area contributed by atoms with E-state index >= 15 is 0 Å². The van der Waals surface area contributed by atoms with Crippen LogP contribution in [-0.2, 0) is 14.3 Å². The van der Waals surface area contributed by atoms with Gasteiger partial charge in [-0.3, -0.25) is 9.59 Å². The Morgan fingerprint density at radius 1 is 1.15 bits per heavy atom. The summed E-state index contributed by atoms with van der Waals surface area (Å²) in [5, 5.41) is 9.25. The third-order valence-corrected chi connectivity index (χ3v) is 1.94. The molecule has 0 unspecified atom stereocenters. The van der Waals surface area contributed by atoms with Crippen molar-refractivity contribution in [1.29, 1.82) is 0 Å². The maximum atomic E-state index is 10.7. The summed E-state index contributed by atoms with van der Waals surface area (Å²) >= 11 is 0. The van der Waals surface area contributed by atoms with Gasteiger partial charge in [-0.1, -0.05) is 0 Å². The highest BCUT2D eigenvalue weighted by Gasteiger charge is 2.34. The average molecular weight is 188 g/mol. The van der Waals surface area contributed by atoms with Crippen LogP contribution in [0, 0.1) is 0 Å². The smallest absolute Gasteiger partial charge is 0.246 e. The van der Waals surface area contributed by atoms with Crippen molar-refractivity contribution in [2.75, 3.05) is 0 Å². The molecule has 2 atom stereocenters. The van der Waals surface area contributed by atoms with Crippen LogP contribution in [0.1, 0.15) is 12.8 Å². The lowest BCUT2D eigenvalue weighted by Crippen LogP contribution is -2.47. The van der Waals surface area contributed by atoms with E-state index in [0.717, 1.165) is 0 Å². The van der Waals surface area contributed by atoms with Gasteiger partial charge < -0.3 is 21.3 Å². The van der Waals surface area contributed by atoms with Gasteiger partial charge in [-0.2, -0.15) is 0 Å². The molecule has 6 heteroatoms. The maximum Gasteiger partial charge on any atom is 0.246 e. The van der Waals surface area contributed by atoms with Crippen LogP contribution in [0.5, 0.6) is 0 Å². The number of hydrogen-bond donors (Lipinski definition) is 3. The topological polar surface area (TPSA) is 116 Å². The van der Waals surface area contributed by atoms with Gasteiger partial charge in [0.15, 0.2) is 0 Å². The summed E-state index contributed by atoms with van der Waals surface area (Å²) in [6.45, 7) is 0. The summed E-state index contributed by atoms with van der Waals surface area (Å²) in [4.78, 5) is 21.4. The molecular formula is C7H12N2O4. The molecule has 1 heterocycles. The molecular weight excluding hydrogens is 176 g/mol. The summed E-state index contributed by atoms with van der Waals surface area (Å²) in [7, 11) is 0. The van der Waals surface area contributed by atoms with E-state index in [1.165, 1.54) is 0 Å². The van der Waals surface area contributed by atoms with Crippen molar-refractivity contribution in [2.45, 2.75) is 31.2 Å². The highest BCUT2D eigenvalue weighted by atomic mass is 16.5. The quantitative estimate of drug-likeness (QED) is 0.458. The Bertz CT molecular complexity index is 209. The van der Waals surface area contributed by atoms with E-state index in [-0.39, 0.29) is 12.8 Å². The molecule has 0 spiro atoms. The molecule has 13 heavy (non-hydrogen) atoms. The van der Waals surface area contributed by atoms with Crippen LogP contribution in [0.15, 0.2) is 0 Å². The van der Waals surface area contributed by atoms with Crippen LogP contribution in [0.2, 0.25) is 0 Å². The molecule has 0 aromatic heterocycles. The van der Waals surface area contributed by atoms with Crippen molar-refractivity contribution < 1.29 is 19.4 Å². The van der Waals surface area contributed by atoms with Gasteiger partial charge >= 0.3 is 0 Å². The third-order valence-electron chi connectivity index (χ3n) is 1.94. The van der Waals surface area contributed by atoms with E-state index in [4.69, 9.17) is 16.2 Å². The highest BCUT2D eigenvalue weighted by molar-refractivity contribution is 5.82. The van der Waals surface area contributed by atoms with Gasteiger partial charge in [-0.05, 0) is 0 Å². The lowest BCUT2D eigenvalue weighted by atomic mass is 10.0. The molecule has 6 nitrogen and oxygen atoms in total. The average Bonchev–Trinajstić information content (AvgIpc) is 2.03. The molecule has 0 bridgehead atoms. The van der Waals surface area contributed by atoms with Crippen LogP contribution < -0.4 is 11.5 Å². The molecule has 1 rings (SSSR count). The van der Waals surface area contributed by atoms with Gasteiger partial charge in [0, 0.05) is 12.8 Å². The molecule has 5 N–H and O–H groups in total. The number of rotatable bonds is 2. The molecule has 0 radical (unpaired) electrons. The molecule has 0 aromatic rings. The van der Waals surface area contributed by atoms with Crippen LogP contribution in [0.3, 0.4) is 0 Å². The second kappa shape index (κ2) is 3.71. The minimum atomic E-state index is -0.916. The van der Waals surface area contributed by atoms with E-state index in [1.807, 2.05) is 0 Å². The maximum absolute atomic E-state index is 10.7. The standard InChI is InChI=1S/C7H12N2O4/c8-6(11)4-1-3(10)2-5(13-4)7(9)12/h3-5,10H,1-2H2,(H2,8,11)(H2,9,12)/t4-,5-/m0/s1. The van der Waals surface area contributed by atoms with Crippen LogP contribution in [-0.4, -0.2) is 35.2 Å². The Kier molecular flexibility index (Phi) is 2.84. The second-order valence-electron chi connectivity index (χ2n) is 3.04. The molecule has 2 amide bonds. The van der Waals surface area contributed by atoms with Gasteiger partial charge in [0.2, 0.25) is 11.8 Å². The number of hydrogen-bond acceptors (Lipinski definition) is 4. The second-order valence-corrected chi connectivity index (χ2v) is 3.04. The van der Waals surface area contributed by atoms with E-state index in [2.05, 4.69) is 0 Å². The Balaban J connectivity index is 2.62. The van der Waals surface area contributed by atoms with Crippen molar-refractivity contribution in [3.8, 4) is 0 Å². The van der Waals surface area contributed by atoms with E-state index in [1.54, 1.807) is 0 Å². The number of primary amides is 2. The number of carbonyl (C=O) groups excluding carboxylic acids is 2. The monoisotopic (exact) mass is 188 g/mol. The van der Waals surface area contributed by atoms with E-state index < -0.39 is 30.1 Å². The first-order chi connectivity index (χ1) is 6.00. The predicted molar refractivity (Wildman–Crippen MR) is 42.3 cm³/mol. The van der Waals surface area contributed by atoms with Gasteiger partial charge in [-0.25, -0.2) is 0 Å². The van der Waals surface area contributed by atoms with Gasteiger partial charge in [-0.15, -0.1) is 0 Å². The van der Waals surface area contributed by atoms with Gasteiger partial charge in [0.25, 0.3) is 0 Å². The summed E-state index contributed by atoms with van der Waals surface area (Å²) in [5.74, 6) is -1.38. The zero-order valence-electron chi connectivity index (χ0n) is 6.97. The Morgan fingerprint density at radius 2 is 1.54 bits per heavy atom. The fraction of sp³-hybridized carbons (Fsp3) is 0.714. The number of aliphatic hydroxyl groups is 1. The summed E-state index contributed by atoms with van der Waals surface area (Å²) in [6, 6.07) is 0. The Hall–Kier alpha value is -1.14. The lowest BCUT2D eigenvalue weighted by molar-refractivity contribution is -0.156. The first-order valence-electron chi connectivity index (χ1n) is 3.93. The molecule has 0 aliphatic carbocycles. The fourth-order valence-corrected chi connectivity index (χ4v) is 1.27. The minimum Gasteiger partial charge on any atom is -0.393 e. The lowest BCUT2D eigenvalue weighted by Gasteiger charge is -2.29. The molecule has 1 aliphatic rings. The van der Waals surface area contributed by atoms with Gasteiger partial charge in [0.1, 0.15) is 12.2 Å². The molecule has 1 aliphatic heterocycles. The zero-order chi connectivity index (χ0) is 10.0. The number of carbonyl (C=O) groups is 2. The van der Waals surface area contributed by atoms with Gasteiger partial charge in [0.05, 0.1) is 6.10 Å². The van der Waals surface area contributed by atoms with Crippen molar-refractivity contribution >= 4 is 11.8 Å². The van der Waals surface area contributed by atoms with Crippen molar-refractivity contribution in [3.63, 3.8) is 0 Å². The normalized spacial score (nSPS) is 34.1. The minimum absolute atomic E-state index is 0.124. The molecule has 0 aromatic carbocycles. The van der Waals surface area contributed by atoms with Crippen LogP contribution in [0.25, 0.3) is 0 Å². The van der Waals surface area contributed by atoms with Crippen LogP contribution >= 0.6 is 0 Å². The molecule has 1 saturated heterocycles. The zero-order valence-corrected chi connectivity index (χ0v) is 6.97. The largest absolute Gasteiger partial charge is 0.393 e. The number of ether oxygens (including phenoxy) is 1. The first kappa shape index (κ1) is 9.94. The van der Waals surface area contributed by atoms with Crippen molar-refractivity contribution in [3.05, 3.63) is 0 Å². The summed E-state index contributed by atoms with van der Waals surface area (Å²) < 4.78 is 4.97. The van der Waals surface area contributed by atoms with E-state index in [9.17, 15) is 14.7 Å². The Morgan fingerprint density at radius 3 is 1.85 bits per heavy atom. The number of amides is 2. The predicted octanol–water partition coefficient (Wildman–Crippen LogP) is -2.13. The van der Waals surface area contributed by atoms with Crippen molar-refractivity contribution in [2.24, 2.45) is 11.5 Å². The number of nitrogens with two attached hydrogens (primary N) is 2. The molecule has 1 fully saturated rings. The van der Waals surface area contributed by atoms with Crippen molar-refractivity contribution in [1.82, 2.24) is 0 Å². The summed E-state index contributed by atoms with van der Waals surface area (Å²) in [5.41, 5.74) is 9.93. The molecule has 74 valence electrons. The van der Waals surface area contributed by atoms with E-state index in [0.29, 0.717) is 0 Å². The number of aliphatic hydroxyl groups excluding tert-OH is 1. The molecule has 0 saturated carbocycles. The third kappa shape index (κ3) is 2.40. The van der Waals surface area contributed by atoms with Crippen LogP contribution in [0.4, 0.5) is 0 Å². The fourth-order valence-electron chi connectivity index (χ4n) is 1.27. The highest BCUT2D eigenvalue weighted by Crippen LogP contribution is 2.19.